The number of carbonyl (C=O) groups is 2. The van der Waals surface area contributed by atoms with Crippen molar-refractivity contribution in [2.75, 3.05) is 13.2 Å². The second-order valence-corrected chi connectivity index (χ2v) is 9.30. The van der Waals surface area contributed by atoms with Gasteiger partial charge in [-0.05, 0) is 42.7 Å². The first-order chi connectivity index (χ1) is 15.3. The van der Waals surface area contributed by atoms with Crippen LogP contribution in [-0.4, -0.2) is 36.3 Å². The second kappa shape index (κ2) is 9.16. The molecule has 9 heteroatoms. The normalized spacial score (nSPS) is 22.8. The van der Waals surface area contributed by atoms with E-state index >= 15 is 0 Å². The largest absolute Gasteiger partial charge is 0.484 e. The van der Waals surface area contributed by atoms with Gasteiger partial charge in [-0.15, -0.1) is 0 Å². The standard InChI is InChI=1S/C23H23Cl2FN2O4/c24-16-5-1-3-15(9-16)4-2-8-27-21(30)32-23-12-22(13-23,14-23)28-20(29)11-31-17-6-7-18(25)19(26)10-17/h1,3,5-7,9-10H,2,4,8,11-14H2,(H,27,30)(H,28,29). The highest BCUT2D eigenvalue weighted by Crippen LogP contribution is 2.62. The maximum Gasteiger partial charge on any atom is 0.407 e. The number of rotatable bonds is 9. The summed E-state index contributed by atoms with van der Waals surface area (Å²) in [5, 5.41) is 6.39. The summed E-state index contributed by atoms with van der Waals surface area (Å²) >= 11 is 11.6. The first-order valence-electron chi connectivity index (χ1n) is 10.4. The molecule has 2 N–H and O–H groups in total. The Morgan fingerprint density at radius 2 is 1.88 bits per heavy atom. The average Bonchev–Trinajstić information content (AvgIpc) is 2.70. The molecule has 3 aliphatic rings. The van der Waals surface area contributed by atoms with Gasteiger partial charge in [0.1, 0.15) is 17.2 Å². The summed E-state index contributed by atoms with van der Waals surface area (Å²) in [4.78, 5) is 24.2. The molecule has 0 saturated heterocycles. The number of aryl methyl sites for hydroxylation is 1. The van der Waals surface area contributed by atoms with Gasteiger partial charge in [-0.3, -0.25) is 4.79 Å². The number of nitrogens with one attached hydrogen (secondary N) is 2. The maximum atomic E-state index is 13.4. The topological polar surface area (TPSA) is 76.7 Å². The molecule has 32 heavy (non-hydrogen) atoms. The van der Waals surface area contributed by atoms with Crippen molar-refractivity contribution >= 4 is 35.2 Å². The summed E-state index contributed by atoms with van der Waals surface area (Å²) in [7, 11) is 0. The smallest absolute Gasteiger partial charge is 0.407 e. The molecule has 5 rings (SSSR count). The van der Waals surface area contributed by atoms with Gasteiger partial charge in [-0.25, -0.2) is 9.18 Å². The Morgan fingerprint density at radius 1 is 1.09 bits per heavy atom. The van der Waals surface area contributed by atoms with E-state index < -0.39 is 17.5 Å². The van der Waals surface area contributed by atoms with E-state index in [1.807, 2.05) is 24.3 Å². The number of carbonyl (C=O) groups excluding carboxylic acids is 2. The van der Waals surface area contributed by atoms with Gasteiger partial charge in [0.2, 0.25) is 0 Å². The first kappa shape index (κ1) is 22.7. The number of alkyl carbamates (subject to hydrolysis) is 1. The Balaban J connectivity index is 1.11. The van der Waals surface area contributed by atoms with E-state index in [0.717, 1.165) is 24.5 Å². The van der Waals surface area contributed by atoms with Crippen LogP contribution in [0.4, 0.5) is 9.18 Å². The van der Waals surface area contributed by atoms with E-state index in [2.05, 4.69) is 10.6 Å². The summed E-state index contributed by atoms with van der Waals surface area (Å²) in [6.45, 7) is 0.274. The fraction of sp³-hybridized carbons (Fsp3) is 0.391. The van der Waals surface area contributed by atoms with Gasteiger partial charge < -0.3 is 20.1 Å². The fourth-order valence-electron chi connectivity index (χ4n) is 4.39. The molecular weight excluding hydrogens is 458 g/mol. The third-order valence-electron chi connectivity index (χ3n) is 5.76. The highest BCUT2D eigenvalue weighted by Gasteiger charge is 2.71. The number of halogens is 3. The van der Waals surface area contributed by atoms with Crippen LogP contribution in [0.25, 0.3) is 0 Å². The molecule has 170 valence electrons. The highest BCUT2D eigenvalue weighted by atomic mass is 35.5. The highest BCUT2D eigenvalue weighted by molar-refractivity contribution is 6.31. The van der Waals surface area contributed by atoms with E-state index in [4.69, 9.17) is 32.7 Å². The van der Waals surface area contributed by atoms with Crippen molar-refractivity contribution in [1.29, 1.82) is 0 Å². The van der Waals surface area contributed by atoms with Gasteiger partial charge >= 0.3 is 6.09 Å². The average molecular weight is 481 g/mol. The summed E-state index contributed by atoms with van der Waals surface area (Å²) in [6.07, 6.45) is 2.89. The molecule has 0 aliphatic heterocycles. The van der Waals surface area contributed by atoms with Gasteiger partial charge in [-0.2, -0.15) is 0 Å². The summed E-state index contributed by atoms with van der Waals surface area (Å²) in [5.74, 6) is -0.684. The molecule has 3 aliphatic carbocycles. The van der Waals surface area contributed by atoms with Crippen LogP contribution >= 0.6 is 23.2 Å². The lowest BCUT2D eigenvalue weighted by molar-refractivity contribution is -0.219. The molecule has 2 amide bonds. The van der Waals surface area contributed by atoms with Crippen molar-refractivity contribution < 1.29 is 23.5 Å². The molecule has 6 nitrogen and oxygen atoms in total. The molecule has 0 aromatic heterocycles. The van der Waals surface area contributed by atoms with E-state index in [-0.39, 0.29) is 28.8 Å². The first-order valence-corrected chi connectivity index (χ1v) is 11.1. The maximum absolute atomic E-state index is 13.4. The monoisotopic (exact) mass is 480 g/mol. The Morgan fingerprint density at radius 3 is 2.59 bits per heavy atom. The number of benzene rings is 2. The molecule has 0 unspecified atom stereocenters. The quantitative estimate of drug-likeness (QED) is 0.511. The zero-order valence-electron chi connectivity index (χ0n) is 17.3. The van der Waals surface area contributed by atoms with E-state index in [9.17, 15) is 14.0 Å². The van der Waals surface area contributed by atoms with Crippen molar-refractivity contribution in [1.82, 2.24) is 10.6 Å². The van der Waals surface area contributed by atoms with Crippen molar-refractivity contribution in [2.45, 2.75) is 43.2 Å². The predicted molar refractivity (Wildman–Crippen MR) is 119 cm³/mol. The van der Waals surface area contributed by atoms with Crippen LogP contribution in [0.3, 0.4) is 0 Å². The molecule has 0 radical (unpaired) electrons. The molecule has 0 atom stereocenters. The Hall–Kier alpha value is -2.51. The third kappa shape index (κ3) is 5.27. The lowest BCUT2D eigenvalue weighted by Gasteiger charge is -2.68. The molecule has 2 aromatic rings. The van der Waals surface area contributed by atoms with Crippen molar-refractivity contribution in [2.24, 2.45) is 0 Å². The van der Waals surface area contributed by atoms with Gasteiger partial charge in [0.05, 0.1) is 10.6 Å². The van der Waals surface area contributed by atoms with Crippen LogP contribution < -0.4 is 15.4 Å². The molecule has 3 fully saturated rings. The van der Waals surface area contributed by atoms with E-state index in [1.165, 1.54) is 12.1 Å². The number of ether oxygens (including phenoxy) is 2. The number of amides is 2. The molecule has 0 spiro atoms. The molecule has 2 bridgehead atoms. The Kier molecular flexibility index (Phi) is 6.49. The van der Waals surface area contributed by atoms with Crippen LogP contribution in [-0.2, 0) is 16.0 Å². The molecule has 2 aromatic carbocycles. The summed E-state index contributed by atoms with van der Waals surface area (Å²) < 4.78 is 24.3. The van der Waals surface area contributed by atoms with Crippen LogP contribution in [0.15, 0.2) is 42.5 Å². The Bertz CT molecular complexity index is 1010. The van der Waals surface area contributed by atoms with Crippen LogP contribution in [0, 0.1) is 5.82 Å². The zero-order chi connectivity index (χ0) is 22.8. The molecular formula is C23H23Cl2FN2O4. The third-order valence-corrected chi connectivity index (χ3v) is 6.30. The second-order valence-electron chi connectivity index (χ2n) is 8.46. The van der Waals surface area contributed by atoms with Crippen molar-refractivity contribution in [3.8, 4) is 5.75 Å². The number of hydrogen-bond donors (Lipinski definition) is 2. The van der Waals surface area contributed by atoms with Crippen LogP contribution in [0.5, 0.6) is 5.75 Å². The van der Waals surface area contributed by atoms with Gasteiger partial charge in [0, 0.05) is 36.9 Å². The van der Waals surface area contributed by atoms with Gasteiger partial charge in [0.15, 0.2) is 6.61 Å². The Labute approximate surface area is 195 Å². The minimum absolute atomic E-state index is 0.00823. The fourth-order valence-corrected chi connectivity index (χ4v) is 4.72. The number of hydrogen-bond acceptors (Lipinski definition) is 4. The minimum atomic E-state index is -0.606. The van der Waals surface area contributed by atoms with Gasteiger partial charge in [0.25, 0.3) is 5.91 Å². The summed E-state index contributed by atoms with van der Waals surface area (Å²) in [5.41, 5.74) is 0.276. The SMILES string of the molecule is O=C(COc1ccc(Cl)c(F)c1)NC12CC(OC(=O)NCCCc3cccc(Cl)c3)(C1)C2. The predicted octanol–water partition coefficient (Wildman–Crippen LogP) is 4.66. The molecule has 0 heterocycles. The lowest BCUT2D eigenvalue weighted by atomic mass is 9.46. The van der Waals surface area contributed by atoms with Crippen molar-refractivity contribution in [3.63, 3.8) is 0 Å². The van der Waals surface area contributed by atoms with Crippen LogP contribution in [0.2, 0.25) is 10.0 Å². The van der Waals surface area contributed by atoms with E-state index in [0.29, 0.717) is 30.8 Å². The van der Waals surface area contributed by atoms with Crippen molar-refractivity contribution in [3.05, 3.63) is 63.9 Å². The molecule has 3 saturated carbocycles. The van der Waals surface area contributed by atoms with Crippen LogP contribution in [0.1, 0.15) is 31.2 Å². The lowest BCUT2D eigenvalue weighted by Crippen LogP contribution is -2.80. The van der Waals surface area contributed by atoms with E-state index in [1.54, 1.807) is 0 Å². The van der Waals surface area contributed by atoms with Gasteiger partial charge in [-0.1, -0.05) is 35.3 Å². The summed E-state index contributed by atoms with van der Waals surface area (Å²) in [6, 6.07) is 11.6. The minimum Gasteiger partial charge on any atom is -0.484 e. The zero-order valence-corrected chi connectivity index (χ0v) is 18.8.